The van der Waals surface area contributed by atoms with Gasteiger partial charge in [0.2, 0.25) is 5.70 Å². The van der Waals surface area contributed by atoms with Crippen molar-refractivity contribution in [1.29, 1.82) is 0 Å². The number of ketones is 2. The van der Waals surface area contributed by atoms with Crippen LogP contribution in [0.15, 0.2) is 23.4 Å². The molecular weight excluding hydrogens is 474 g/mol. The van der Waals surface area contributed by atoms with Gasteiger partial charge in [-0.05, 0) is 84.5 Å². The van der Waals surface area contributed by atoms with Crippen molar-refractivity contribution in [2.45, 2.75) is 99.8 Å². The second kappa shape index (κ2) is 8.15. The summed E-state index contributed by atoms with van der Waals surface area (Å²) in [4.78, 5) is 44.0. The first-order valence-corrected chi connectivity index (χ1v) is 14.5. The van der Waals surface area contributed by atoms with Gasteiger partial charge in [-0.25, -0.2) is 4.85 Å². The van der Waals surface area contributed by atoms with E-state index in [0.717, 1.165) is 50.5 Å². The van der Waals surface area contributed by atoms with Crippen LogP contribution in [-0.2, 0) is 19.1 Å². The highest BCUT2D eigenvalue weighted by molar-refractivity contribution is 6.03. The molecule has 3 fully saturated rings. The van der Waals surface area contributed by atoms with E-state index >= 15 is 0 Å². The van der Waals surface area contributed by atoms with Gasteiger partial charge in [-0.15, -0.1) is 0 Å². The zero-order chi connectivity index (χ0) is 28.1. The molecule has 5 aliphatic rings. The van der Waals surface area contributed by atoms with E-state index in [0.29, 0.717) is 6.42 Å². The standard InChI is InChI=1S/C33H45NO4/c1-28(2)12-14-33(19-25(36)38-9)15-13-32(7)26(20(33)17-28)22(35)16-24-30(5)18-21(34-8)27(37)29(3,4)23(30)10-11-31(24,32)6/h16,18,20,23,26H,10-15,17,19H2,1-7,9H3/t20?,23-,26?,30-,31+,32+,33+/m0/s1. The molecule has 0 amide bonds. The number of hydrogen-bond donors (Lipinski definition) is 0. The number of allylic oxidation sites excluding steroid dienone is 4. The molecule has 0 aromatic rings. The fourth-order valence-electron chi connectivity index (χ4n) is 10.4. The molecule has 2 unspecified atom stereocenters. The predicted molar refractivity (Wildman–Crippen MR) is 147 cm³/mol. The lowest BCUT2D eigenvalue weighted by Crippen LogP contribution is -2.65. The Kier molecular flexibility index (Phi) is 5.87. The molecule has 5 aliphatic carbocycles. The van der Waals surface area contributed by atoms with Crippen LogP contribution in [0, 0.1) is 56.8 Å². The van der Waals surface area contributed by atoms with Gasteiger partial charge in [0.15, 0.2) is 11.6 Å². The van der Waals surface area contributed by atoms with Gasteiger partial charge in [0.05, 0.1) is 20.1 Å². The second-order valence-corrected chi connectivity index (χ2v) is 15.3. The van der Waals surface area contributed by atoms with E-state index in [1.807, 2.05) is 26.0 Å². The van der Waals surface area contributed by atoms with E-state index in [1.54, 1.807) is 0 Å². The van der Waals surface area contributed by atoms with Crippen molar-refractivity contribution >= 4 is 17.5 Å². The van der Waals surface area contributed by atoms with Crippen LogP contribution < -0.4 is 0 Å². The van der Waals surface area contributed by atoms with Crippen LogP contribution in [0.2, 0.25) is 0 Å². The molecule has 0 aromatic carbocycles. The van der Waals surface area contributed by atoms with Gasteiger partial charge in [0, 0.05) is 16.7 Å². The summed E-state index contributed by atoms with van der Waals surface area (Å²) in [6.45, 7) is 23.2. The number of ether oxygens (including phenoxy) is 1. The fraction of sp³-hybridized carbons (Fsp3) is 0.758. The Hall–Kier alpha value is -2.22. The lowest BCUT2D eigenvalue weighted by Gasteiger charge is -2.69. The van der Waals surface area contributed by atoms with Crippen LogP contribution in [-0.4, -0.2) is 24.6 Å². The molecule has 0 heterocycles. The largest absolute Gasteiger partial charge is 0.469 e. The first kappa shape index (κ1) is 27.4. The number of esters is 1. The fourth-order valence-corrected chi connectivity index (χ4v) is 10.4. The highest BCUT2D eigenvalue weighted by atomic mass is 16.5. The third-order valence-electron chi connectivity index (χ3n) is 12.7. The van der Waals surface area contributed by atoms with E-state index in [-0.39, 0.29) is 62.6 Å². The molecule has 7 atom stereocenters. The van der Waals surface area contributed by atoms with Gasteiger partial charge in [-0.2, -0.15) is 0 Å². The number of hydrogen-bond acceptors (Lipinski definition) is 4. The molecule has 0 aliphatic heterocycles. The van der Waals surface area contributed by atoms with E-state index < -0.39 is 10.8 Å². The van der Waals surface area contributed by atoms with Gasteiger partial charge in [0.1, 0.15) is 0 Å². The lowest BCUT2D eigenvalue weighted by molar-refractivity contribution is -0.178. The molecular formula is C33H45NO4. The molecule has 206 valence electrons. The quantitative estimate of drug-likeness (QED) is 0.288. The molecule has 0 radical (unpaired) electrons. The number of nitrogens with zero attached hydrogens (tertiary/aromatic N) is 1. The van der Waals surface area contributed by atoms with E-state index in [1.165, 1.54) is 7.11 Å². The number of Topliss-reactive ketones (excluding diaryl/α,β-unsaturated/α-hetero) is 1. The van der Waals surface area contributed by atoms with Crippen molar-refractivity contribution in [3.63, 3.8) is 0 Å². The zero-order valence-electron chi connectivity index (χ0n) is 24.6. The number of carbonyl (C=O) groups is 3. The van der Waals surface area contributed by atoms with Crippen molar-refractivity contribution < 1.29 is 19.1 Å². The average Bonchev–Trinajstić information content (AvgIpc) is 2.83. The molecule has 0 N–H and O–H groups in total. The number of methoxy groups -OCH3 is 1. The van der Waals surface area contributed by atoms with Gasteiger partial charge < -0.3 is 9.53 Å². The normalized spacial score (nSPS) is 44.8. The first-order valence-electron chi connectivity index (χ1n) is 14.5. The summed E-state index contributed by atoms with van der Waals surface area (Å²) in [7, 11) is 1.47. The minimum absolute atomic E-state index is 0.0518. The Bertz CT molecular complexity index is 1220. The summed E-state index contributed by atoms with van der Waals surface area (Å²) in [6.07, 6.45) is 10.9. The topological polar surface area (TPSA) is 64.8 Å². The third kappa shape index (κ3) is 3.37. The predicted octanol–water partition coefficient (Wildman–Crippen LogP) is 7.12. The lowest BCUT2D eigenvalue weighted by atomic mass is 9.34. The molecule has 0 bridgehead atoms. The van der Waals surface area contributed by atoms with Gasteiger partial charge in [-0.1, -0.05) is 60.1 Å². The molecule has 3 saturated carbocycles. The van der Waals surface area contributed by atoms with Gasteiger partial charge in [0.25, 0.3) is 0 Å². The highest BCUT2D eigenvalue weighted by Gasteiger charge is 2.69. The Morgan fingerprint density at radius 2 is 1.68 bits per heavy atom. The number of carbonyl (C=O) groups excluding carboxylic acids is 3. The van der Waals surface area contributed by atoms with Crippen molar-refractivity contribution in [1.82, 2.24) is 0 Å². The molecule has 0 spiro atoms. The zero-order valence-corrected chi connectivity index (χ0v) is 24.6. The highest BCUT2D eigenvalue weighted by Crippen LogP contribution is 2.74. The first-order chi connectivity index (χ1) is 17.5. The molecule has 0 saturated heterocycles. The van der Waals surface area contributed by atoms with Crippen molar-refractivity contribution in [2.24, 2.45) is 50.2 Å². The molecule has 38 heavy (non-hydrogen) atoms. The van der Waals surface area contributed by atoms with Crippen LogP contribution in [0.1, 0.15) is 99.8 Å². The molecule has 0 aromatic heterocycles. The summed E-state index contributed by atoms with van der Waals surface area (Å²) in [5.74, 6) is -0.00250. The Morgan fingerprint density at radius 3 is 2.32 bits per heavy atom. The minimum atomic E-state index is -0.651. The van der Waals surface area contributed by atoms with Crippen LogP contribution in [0.5, 0.6) is 0 Å². The Labute approximate surface area is 228 Å². The van der Waals surface area contributed by atoms with Crippen molar-refractivity contribution in [2.75, 3.05) is 7.11 Å². The Balaban J connectivity index is 1.68. The minimum Gasteiger partial charge on any atom is -0.469 e. The maximum atomic E-state index is 14.4. The van der Waals surface area contributed by atoms with Crippen LogP contribution in [0.3, 0.4) is 0 Å². The molecule has 5 heteroatoms. The smallest absolute Gasteiger partial charge is 0.306 e. The van der Waals surface area contributed by atoms with Crippen LogP contribution in [0.4, 0.5) is 0 Å². The number of fused-ring (bicyclic) bond motifs is 7. The maximum absolute atomic E-state index is 14.4. The Morgan fingerprint density at radius 1 is 1.03 bits per heavy atom. The van der Waals surface area contributed by atoms with E-state index in [2.05, 4.69) is 39.5 Å². The number of rotatable bonds is 2. The SMILES string of the molecule is [C-]#[N+]C1=C[C@]2(C)C3=CC(=O)C4C5CC(C)(C)CC[C@]5(CC(=O)OC)CC[C@@]4(C)[C@]3(C)CC[C@H]2C(C)(C)C1=O. The van der Waals surface area contributed by atoms with Gasteiger partial charge >= 0.3 is 5.97 Å². The second-order valence-electron chi connectivity index (χ2n) is 15.3. The average molecular weight is 520 g/mol. The summed E-state index contributed by atoms with van der Waals surface area (Å²) >= 11 is 0. The van der Waals surface area contributed by atoms with Crippen LogP contribution >= 0.6 is 0 Å². The summed E-state index contributed by atoms with van der Waals surface area (Å²) in [6, 6.07) is 0. The molecule has 5 nitrogen and oxygen atoms in total. The van der Waals surface area contributed by atoms with Gasteiger partial charge in [-0.3, -0.25) is 9.59 Å². The molecule has 5 rings (SSSR count). The van der Waals surface area contributed by atoms with Crippen molar-refractivity contribution in [3.05, 3.63) is 34.8 Å². The summed E-state index contributed by atoms with van der Waals surface area (Å²) in [5.41, 5.74) is -0.369. The summed E-state index contributed by atoms with van der Waals surface area (Å²) < 4.78 is 5.17. The van der Waals surface area contributed by atoms with Crippen LogP contribution in [0.25, 0.3) is 4.85 Å². The maximum Gasteiger partial charge on any atom is 0.306 e. The van der Waals surface area contributed by atoms with Crippen molar-refractivity contribution in [3.8, 4) is 0 Å². The summed E-state index contributed by atoms with van der Waals surface area (Å²) in [5, 5.41) is 0. The van der Waals surface area contributed by atoms with E-state index in [4.69, 9.17) is 11.3 Å². The van der Waals surface area contributed by atoms with E-state index in [9.17, 15) is 14.4 Å². The third-order valence-corrected chi connectivity index (χ3v) is 12.7. The monoisotopic (exact) mass is 519 g/mol.